The normalized spacial score (nSPS) is 20.0. The van der Waals surface area contributed by atoms with E-state index in [9.17, 15) is 10.1 Å². The van der Waals surface area contributed by atoms with Gasteiger partial charge < -0.3 is 4.74 Å². The summed E-state index contributed by atoms with van der Waals surface area (Å²) in [6.07, 6.45) is 13.7. The summed E-state index contributed by atoms with van der Waals surface area (Å²) >= 11 is 0. The van der Waals surface area contributed by atoms with Gasteiger partial charge in [-0.25, -0.2) is 0 Å². The lowest BCUT2D eigenvalue weighted by molar-refractivity contribution is -0.141. The van der Waals surface area contributed by atoms with Crippen LogP contribution in [0.4, 0.5) is 0 Å². The zero-order valence-electron chi connectivity index (χ0n) is 21.2. The molecule has 3 nitrogen and oxygen atoms in total. The van der Waals surface area contributed by atoms with Crippen LogP contribution in [-0.4, -0.2) is 12.6 Å². The number of ether oxygens (including phenoxy) is 1. The molecule has 34 heavy (non-hydrogen) atoms. The molecule has 1 aliphatic rings. The third-order valence-corrected chi connectivity index (χ3v) is 7.51. The minimum absolute atomic E-state index is 0.185. The van der Waals surface area contributed by atoms with E-state index < -0.39 is 0 Å². The first kappa shape index (κ1) is 26.0. The van der Waals surface area contributed by atoms with Crippen molar-refractivity contribution >= 4 is 5.97 Å². The maximum atomic E-state index is 10.8. The van der Waals surface area contributed by atoms with E-state index in [2.05, 4.69) is 61.5 Å². The second-order valence-electron chi connectivity index (χ2n) is 10.1. The quantitative estimate of drug-likeness (QED) is 0.238. The zero-order chi connectivity index (χ0) is 24.2. The van der Waals surface area contributed by atoms with Crippen LogP contribution in [0, 0.1) is 17.2 Å². The van der Waals surface area contributed by atoms with Crippen molar-refractivity contribution in [2.45, 2.75) is 96.3 Å². The van der Waals surface area contributed by atoms with E-state index in [0.29, 0.717) is 6.61 Å². The SMILES string of the molecule is CCCC1CCC(C#N)(c2ccc(-c3ccc(CCCCCCCOC(C)=O)cc3)cc2)CC1. The van der Waals surface area contributed by atoms with E-state index >= 15 is 0 Å². The smallest absolute Gasteiger partial charge is 0.302 e. The van der Waals surface area contributed by atoms with Gasteiger partial charge in [-0.2, -0.15) is 5.26 Å². The number of rotatable bonds is 12. The van der Waals surface area contributed by atoms with Gasteiger partial charge in [0.15, 0.2) is 0 Å². The van der Waals surface area contributed by atoms with Crippen LogP contribution in [0.3, 0.4) is 0 Å². The van der Waals surface area contributed by atoms with Crippen molar-refractivity contribution in [3.05, 3.63) is 59.7 Å². The summed E-state index contributed by atoms with van der Waals surface area (Å²) in [6, 6.07) is 20.4. The van der Waals surface area contributed by atoms with Gasteiger partial charge in [-0.05, 0) is 73.1 Å². The van der Waals surface area contributed by atoms with Crippen molar-refractivity contribution in [1.82, 2.24) is 0 Å². The van der Waals surface area contributed by atoms with E-state index in [1.807, 2.05) is 0 Å². The number of esters is 1. The Kier molecular flexibility index (Phi) is 10.2. The average molecular weight is 460 g/mol. The first-order valence-corrected chi connectivity index (χ1v) is 13.3. The summed E-state index contributed by atoms with van der Waals surface area (Å²) in [4.78, 5) is 10.8. The Labute approximate surface area is 206 Å². The third-order valence-electron chi connectivity index (χ3n) is 7.51. The lowest BCUT2D eigenvalue weighted by Gasteiger charge is -2.35. The van der Waals surface area contributed by atoms with Crippen LogP contribution < -0.4 is 0 Å². The van der Waals surface area contributed by atoms with Crippen molar-refractivity contribution in [3.63, 3.8) is 0 Å². The number of nitriles is 1. The number of hydrogen-bond acceptors (Lipinski definition) is 3. The summed E-state index contributed by atoms with van der Waals surface area (Å²) in [6.45, 7) is 4.27. The standard InChI is InChI=1S/C31H41NO2/c1-3-9-26-19-21-31(24-32,22-20-26)30-17-15-29(16-18-30)28-13-11-27(12-14-28)10-7-5-4-6-8-23-34-25(2)33/h11-18,26H,3-10,19-23H2,1-2H3. The van der Waals surface area contributed by atoms with Gasteiger partial charge >= 0.3 is 5.97 Å². The summed E-state index contributed by atoms with van der Waals surface area (Å²) in [5.74, 6) is 0.617. The molecule has 2 aromatic carbocycles. The predicted molar refractivity (Wildman–Crippen MR) is 139 cm³/mol. The Morgan fingerprint density at radius 1 is 0.941 bits per heavy atom. The van der Waals surface area contributed by atoms with Crippen molar-refractivity contribution in [1.29, 1.82) is 5.26 Å². The Hall–Kier alpha value is -2.60. The molecule has 0 bridgehead atoms. The zero-order valence-corrected chi connectivity index (χ0v) is 21.2. The molecule has 0 aromatic heterocycles. The van der Waals surface area contributed by atoms with Crippen LogP contribution >= 0.6 is 0 Å². The van der Waals surface area contributed by atoms with Gasteiger partial charge in [0.1, 0.15) is 0 Å². The van der Waals surface area contributed by atoms with Gasteiger partial charge in [0.2, 0.25) is 0 Å². The second-order valence-corrected chi connectivity index (χ2v) is 10.1. The van der Waals surface area contributed by atoms with E-state index in [4.69, 9.17) is 4.74 Å². The average Bonchev–Trinajstić information content (AvgIpc) is 2.87. The molecule has 0 saturated heterocycles. The van der Waals surface area contributed by atoms with Crippen LogP contribution in [-0.2, 0) is 21.4 Å². The fourth-order valence-corrected chi connectivity index (χ4v) is 5.36. The molecule has 0 aliphatic heterocycles. The molecule has 0 radical (unpaired) electrons. The van der Waals surface area contributed by atoms with Gasteiger partial charge in [0.25, 0.3) is 0 Å². The molecule has 0 N–H and O–H groups in total. The van der Waals surface area contributed by atoms with Crippen molar-refractivity contribution in [2.75, 3.05) is 6.61 Å². The number of hydrogen-bond donors (Lipinski definition) is 0. The second kappa shape index (κ2) is 13.3. The number of carbonyl (C=O) groups excluding carboxylic acids is 1. The van der Waals surface area contributed by atoms with Gasteiger partial charge in [-0.1, -0.05) is 87.6 Å². The lowest BCUT2D eigenvalue weighted by Crippen LogP contribution is -2.30. The fourth-order valence-electron chi connectivity index (χ4n) is 5.36. The molecule has 3 rings (SSSR count). The Morgan fingerprint density at radius 3 is 2.12 bits per heavy atom. The van der Waals surface area contributed by atoms with Crippen molar-refractivity contribution < 1.29 is 9.53 Å². The molecule has 0 amide bonds. The highest BCUT2D eigenvalue weighted by atomic mass is 16.5. The van der Waals surface area contributed by atoms with E-state index in [1.165, 1.54) is 74.1 Å². The van der Waals surface area contributed by atoms with Gasteiger partial charge in [-0.3, -0.25) is 4.79 Å². The maximum absolute atomic E-state index is 10.8. The minimum Gasteiger partial charge on any atom is -0.466 e. The van der Waals surface area contributed by atoms with E-state index in [1.54, 1.807) is 0 Å². The predicted octanol–water partition coefficient (Wildman–Crippen LogP) is 8.16. The fraction of sp³-hybridized carbons (Fsp3) is 0.548. The summed E-state index contributed by atoms with van der Waals surface area (Å²) in [5.41, 5.74) is 4.73. The molecule has 1 saturated carbocycles. The first-order valence-electron chi connectivity index (χ1n) is 13.3. The Balaban J connectivity index is 1.47. The molecule has 3 heteroatoms. The van der Waals surface area contributed by atoms with E-state index in [0.717, 1.165) is 38.0 Å². The number of nitrogens with zero attached hydrogens (tertiary/aromatic N) is 1. The maximum Gasteiger partial charge on any atom is 0.302 e. The van der Waals surface area contributed by atoms with Gasteiger partial charge in [0.05, 0.1) is 18.1 Å². The molecule has 182 valence electrons. The molecular formula is C31H41NO2. The highest BCUT2D eigenvalue weighted by Gasteiger charge is 2.36. The molecule has 0 spiro atoms. The van der Waals surface area contributed by atoms with Crippen molar-refractivity contribution in [2.24, 2.45) is 5.92 Å². The number of aryl methyl sites for hydroxylation is 1. The topological polar surface area (TPSA) is 50.1 Å². The minimum atomic E-state index is -0.299. The summed E-state index contributed by atoms with van der Waals surface area (Å²) < 4.78 is 4.97. The third kappa shape index (κ3) is 7.45. The molecule has 1 fully saturated rings. The van der Waals surface area contributed by atoms with E-state index in [-0.39, 0.29) is 11.4 Å². The molecule has 2 aromatic rings. The largest absolute Gasteiger partial charge is 0.466 e. The highest BCUT2D eigenvalue weighted by Crippen LogP contribution is 2.42. The Morgan fingerprint density at radius 2 is 1.53 bits per heavy atom. The first-order chi connectivity index (χ1) is 16.6. The lowest BCUT2D eigenvalue weighted by atomic mass is 9.67. The van der Waals surface area contributed by atoms with Gasteiger partial charge in [0, 0.05) is 6.92 Å². The molecule has 0 unspecified atom stereocenters. The number of benzene rings is 2. The van der Waals surface area contributed by atoms with Crippen LogP contribution in [0.25, 0.3) is 11.1 Å². The molecule has 1 aliphatic carbocycles. The van der Waals surface area contributed by atoms with Crippen molar-refractivity contribution in [3.8, 4) is 17.2 Å². The molecule has 0 atom stereocenters. The monoisotopic (exact) mass is 459 g/mol. The van der Waals surface area contributed by atoms with Crippen LogP contribution in [0.1, 0.15) is 95.6 Å². The highest BCUT2D eigenvalue weighted by molar-refractivity contribution is 5.66. The Bertz CT molecular complexity index is 915. The molecular weight excluding hydrogens is 418 g/mol. The van der Waals surface area contributed by atoms with Crippen LogP contribution in [0.2, 0.25) is 0 Å². The molecule has 0 heterocycles. The summed E-state index contributed by atoms with van der Waals surface area (Å²) in [5, 5.41) is 10.0. The number of carbonyl (C=O) groups is 1. The number of unbranched alkanes of at least 4 members (excludes halogenated alkanes) is 4. The summed E-state index contributed by atoms with van der Waals surface area (Å²) in [7, 11) is 0. The van der Waals surface area contributed by atoms with Gasteiger partial charge in [-0.15, -0.1) is 0 Å². The van der Waals surface area contributed by atoms with Crippen LogP contribution in [0.5, 0.6) is 0 Å². The van der Waals surface area contributed by atoms with Crippen LogP contribution in [0.15, 0.2) is 48.5 Å².